The number of anilines is 1. The minimum atomic E-state index is -0.179. The molecule has 0 radical (unpaired) electrons. The highest BCUT2D eigenvalue weighted by molar-refractivity contribution is 6.30. The van der Waals surface area contributed by atoms with Crippen LogP contribution >= 0.6 is 11.6 Å². The second-order valence-corrected chi connectivity index (χ2v) is 6.82. The molecule has 4 nitrogen and oxygen atoms in total. The Balaban J connectivity index is 1.85. The number of nitrogens with zero attached hydrogens (tertiary/aromatic N) is 2. The van der Waals surface area contributed by atoms with Gasteiger partial charge in [-0.3, -0.25) is 19.5 Å². The summed E-state index contributed by atoms with van der Waals surface area (Å²) in [5.41, 5.74) is 3.37. The number of aromatic nitrogens is 1. The summed E-state index contributed by atoms with van der Waals surface area (Å²) in [4.78, 5) is 31.4. The van der Waals surface area contributed by atoms with Crippen molar-refractivity contribution in [2.75, 3.05) is 4.90 Å². The molecule has 2 aliphatic rings. The van der Waals surface area contributed by atoms with Crippen molar-refractivity contribution in [1.29, 1.82) is 0 Å². The summed E-state index contributed by atoms with van der Waals surface area (Å²) in [7, 11) is 0. The molecule has 0 saturated carbocycles. The molecule has 1 aliphatic heterocycles. The summed E-state index contributed by atoms with van der Waals surface area (Å²) < 4.78 is 0. The lowest BCUT2D eigenvalue weighted by molar-refractivity contribution is -0.119. The van der Waals surface area contributed by atoms with Crippen molar-refractivity contribution in [1.82, 2.24) is 4.98 Å². The number of halogens is 1. The van der Waals surface area contributed by atoms with Gasteiger partial charge >= 0.3 is 0 Å². The maximum absolute atomic E-state index is 13.0. The first-order valence-corrected chi connectivity index (χ1v) is 8.77. The van der Waals surface area contributed by atoms with Gasteiger partial charge in [-0.25, -0.2) is 0 Å². The van der Waals surface area contributed by atoms with E-state index in [0.717, 1.165) is 35.4 Å². The van der Waals surface area contributed by atoms with Crippen LogP contribution in [0.1, 0.15) is 37.2 Å². The molecule has 1 aromatic heterocycles. The maximum Gasteiger partial charge on any atom is 0.232 e. The van der Waals surface area contributed by atoms with Crippen molar-refractivity contribution < 1.29 is 9.59 Å². The lowest BCUT2D eigenvalue weighted by atomic mass is 9.77. The van der Waals surface area contributed by atoms with E-state index < -0.39 is 0 Å². The van der Waals surface area contributed by atoms with E-state index in [4.69, 9.17) is 11.6 Å². The topological polar surface area (TPSA) is 50.3 Å². The Morgan fingerprint density at radius 1 is 1.00 bits per heavy atom. The molecule has 1 amide bonds. The van der Waals surface area contributed by atoms with Crippen LogP contribution in [0.25, 0.3) is 0 Å². The van der Waals surface area contributed by atoms with Gasteiger partial charge in [0.1, 0.15) is 0 Å². The number of rotatable bonds is 2. The van der Waals surface area contributed by atoms with E-state index in [0.29, 0.717) is 11.4 Å². The third-order valence-corrected chi connectivity index (χ3v) is 5.12. The smallest absolute Gasteiger partial charge is 0.232 e. The molecule has 1 unspecified atom stereocenters. The number of Topliss-reactive ketones (excluding diaryl/α,β-unsaturated/α-hetero) is 1. The fourth-order valence-electron chi connectivity index (χ4n) is 3.76. The Bertz CT molecular complexity index is 859. The molecule has 4 rings (SSSR count). The summed E-state index contributed by atoms with van der Waals surface area (Å²) in [5, 5.41) is 0.622. The third kappa shape index (κ3) is 2.87. The van der Waals surface area contributed by atoms with Crippen molar-refractivity contribution in [3.63, 3.8) is 0 Å². The van der Waals surface area contributed by atoms with Crippen LogP contribution in [0.2, 0.25) is 5.02 Å². The monoisotopic (exact) mass is 352 g/mol. The number of carbonyl (C=O) groups is 2. The molecule has 0 spiro atoms. The summed E-state index contributed by atoms with van der Waals surface area (Å²) in [5.74, 6) is -0.0195. The zero-order valence-corrected chi connectivity index (χ0v) is 14.4. The minimum Gasteiger partial charge on any atom is -0.294 e. The molecule has 126 valence electrons. The van der Waals surface area contributed by atoms with Gasteiger partial charge in [0.05, 0.1) is 0 Å². The number of pyridine rings is 1. The molecular formula is C20H17ClN2O2. The predicted molar refractivity (Wildman–Crippen MR) is 96.4 cm³/mol. The quantitative estimate of drug-likeness (QED) is 0.811. The number of hydrogen-bond donors (Lipinski definition) is 0. The highest BCUT2D eigenvalue weighted by atomic mass is 35.5. The molecule has 0 N–H and O–H groups in total. The highest BCUT2D eigenvalue weighted by Crippen LogP contribution is 2.43. The molecule has 2 heterocycles. The van der Waals surface area contributed by atoms with Gasteiger partial charge in [-0.1, -0.05) is 11.6 Å². The number of carbonyl (C=O) groups excluding carboxylic acids is 2. The second kappa shape index (κ2) is 6.45. The van der Waals surface area contributed by atoms with Crippen LogP contribution in [0.5, 0.6) is 0 Å². The Morgan fingerprint density at radius 2 is 1.72 bits per heavy atom. The first kappa shape index (κ1) is 16.0. The highest BCUT2D eigenvalue weighted by Gasteiger charge is 2.39. The average Bonchev–Trinajstić information content (AvgIpc) is 2.63. The van der Waals surface area contributed by atoms with Crippen LogP contribution < -0.4 is 4.90 Å². The van der Waals surface area contributed by atoms with E-state index in [1.807, 2.05) is 24.3 Å². The molecule has 25 heavy (non-hydrogen) atoms. The normalized spacial score (nSPS) is 20.7. The van der Waals surface area contributed by atoms with Gasteiger partial charge in [0, 0.05) is 53.1 Å². The molecule has 1 atom stereocenters. The van der Waals surface area contributed by atoms with Crippen LogP contribution in [-0.4, -0.2) is 16.7 Å². The minimum absolute atomic E-state index is 0.0117. The molecule has 0 saturated heterocycles. The van der Waals surface area contributed by atoms with Gasteiger partial charge in [-0.05, 0) is 54.8 Å². The largest absolute Gasteiger partial charge is 0.294 e. The van der Waals surface area contributed by atoms with Crippen molar-refractivity contribution >= 4 is 29.0 Å². The molecule has 5 heteroatoms. The first-order valence-electron chi connectivity index (χ1n) is 8.40. The number of allylic oxidation sites excluding steroid dienone is 2. The van der Waals surface area contributed by atoms with Crippen LogP contribution in [-0.2, 0) is 9.59 Å². The average molecular weight is 353 g/mol. The van der Waals surface area contributed by atoms with Crippen LogP contribution in [0, 0.1) is 0 Å². The number of ketones is 1. The van der Waals surface area contributed by atoms with Crippen molar-refractivity contribution in [2.24, 2.45) is 0 Å². The van der Waals surface area contributed by atoms with Gasteiger partial charge in [-0.2, -0.15) is 0 Å². The van der Waals surface area contributed by atoms with E-state index in [9.17, 15) is 9.59 Å². The van der Waals surface area contributed by atoms with Crippen LogP contribution in [0.3, 0.4) is 0 Å². The number of benzene rings is 1. The standard InChI is InChI=1S/C20H17ClN2O2/c21-14-4-6-15(7-5-14)23-17-2-1-3-18(24)20(17)16(12-19(23)25)13-8-10-22-11-9-13/h4-11,16H,1-3,12H2. The van der Waals surface area contributed by atoms with Crippen molar-refractivity contribution in [3.8, 4) is 0 Å². The van der Waals surface area contributed by atoms with E-state index in [2.05, 4.69) is 4.98 Å². The predicted octanol–water partition coefficient (Wildman–Crippen LogP) is 4.26. The van der Waals surface area contributed by atoms with Gasteiger partial charge in [0.15, 0.2) is 5.78 Å². The van der Waals surface area contributed by atoms with Gasteiger partial charge in [0.2, 0.25) is 5.91 Å². The van der Waals surface area contributed by atoms with E-state index in [1.54, 1.807) is 29.4 Å². The Morgan fingerprint density at radius 3 is 2.44 bits per heavy atom. The Labute approximate surface area is 151 Å². The lowest BCUT2D eigenvalue weighted by Gasteiger charge is -2.38. The fourth-order valence-corrected chi connectivity index (χ4v) is 3.89. The zero-order valence-electron chi connectivity index (χ0n) is 13.6. The lowest BCUT2D eigenvalue weighted by Crippen LogP contribution is -2.40. The number of amides is 1. The summed E-state index contributed by atoms with van der Waals surface area (Å²) in [6, 6.07) is 11.0. The van der Waals surface area contributed by atoms with Crippen LogP contribution in [0.4, 0.5) is 5.69 Å². The fraction of sp³-hybridized carbons (Fsp3) is 0.250. The van der Waals surface area contributed by atoms with E-state index in [1.165, 1.54) is 0 Å². The van der Waals surface area contributed by atoms with Crippen molar-refractivity contribution in [3.05, 3.63) is 70.6 Å². The molecule has 1 aliphatic carbocycles. The maximum atomic E-state index is 13.0. The third-order valence-electron chi connectivity index (χ3n) is 4.87. The second-order valence-electron chi connectivity index (χ2n) is 6.38. The molecule has 0 fully saturated rings. The molecule has 1 aromatic carbocycles. The summed E-state index contributed by atoms with van der Waals surface area (Å²) in [6.07, 6.45) is 5.76. The van der Waals surface area contributed by atoms with E-state index in [-0.39, 0.29) is 24.0 Å². The Hall–Kier alpha value is -2.46. The van der Waals surface area contributed by atoms with Gasteiger partial charge in [-0.15, -0.1) is 0 Å². The summed E-state index contributed by atoms with van der Waals surface area (Å²) in [6.45, 7) is 0. The van der Waals surface area contributed by atoms with Gasteiger partial charge < -0.3 is 0 Å². The SMILES string of the molecule is O=C1CCCC2=C1C(c1ccncc1)CC(=O)N2c1ccc(Cl)cc1. The molecular weight excluding hydrogens is 336 g/mol. The summed E-state index contributed by atoms with van der Waals surface area (Å²) >= 11 is 5.98. The van der Waals surface area contributed by atoms with E-state index >= 15 is 0 Å². The number of hydrogen-bond acceptors (Lipinski definition) is 3. The van der Waals surface area contributed by atoms with Gasteiger partial charge in [0.25, 0.3) is 0 Å². The molecule has 0 bridgehead atoms. The zero-order chi connectivity index (χ0) is 17.4. The van der Waals surface area contributed by atoms with Crippen molar-refractivity contribution in [2.45, 2.75) is 31.6 Å². The van der Waals surface area contributed by atoms with Crippen LogP contribution in [0.15, 0.2) is 60.1 Å². The first-order chi connectivity index (χ1) is 12.1. The molecule has 2 aromatic rings. The Kier molecular flexibility index (Phi) is 4.14.